The lowest BCUT2D eigenvalue weighted by molar-refractivity contribution is 0.410. The lowest BCUT2D eigenvalue weighted by Gasteiger charge is -2.37. The minimum atomic E-state index is -0.282. The Morgan fingerprint density at radius 2 is 1.77 bits per heavy atom. The van der Waals surface area contributed by atoms with Crippen LogP contribution in [0.2, 0.25) is 0 Å². The highest BCUT2D eigenvalue weighted by Crippen LogP contribution is 2.30. The van der Waals surface area contributed by atoms with Crippen molar-refractivity contribution in [1.82, 2.24) is 9.97 Å². The van der Waals surface area contributed by atoms with E-state index in [9.17, 15) is 4.39 Å². The predicted molar refractivity (Wildman–Crippen MR) is 84.1 cm³/mol. The molecule has 22 heavy (non-hydrogen) atoms. The SMILES string of the molecule is COc1cc(F)ccc1N1CCN(c2cc(C)ncn2)CC1. The van der Waals surface area contributed by atoms with Crippen molar-refractivity contribution in [3.05, 3.63) is 42.1 Å². The zero-order valence-corrected chi connectivity index (χ0v) is 12.8. The van der Waals surface area contributed by atoms with Gasteiger partial charge in [0.2, 0.25) is 0 Å². The average Bonchev–Trinajstić information content (AvgIpc) is 2.55. The number of hydrogen-bond acceptors (Lipinski definition) is 5. The normalized spacial score (nSPS) is 15.0. The Bertz CT molecular complexity index is 656. The molecule has 0 atom stereocenters. The highest BCUT2D eigenvalue weighted by atomic mass is 19.1. The van der Waals surface area contributed by atoms with Gasteiger partial charge in [0.25, 0.3) is 0 Å². The van der Waals surface area contributed by atoms with Crippen LogP contribution < -0.4 is 14.5 Å². The third-order valence-electron chi connectivity index (χ3n) is 3.88. The van der Waals surface area contributed by atoms with E-state index in [0.717, 1.165) is 43.4 Å². The van der Waals surface area contributed by atoms with E-state index in [0.29, 0.717) is 5.75 Å². The van der Waals surface area contributed by atoms with Gasteiger partial charge in [0, 0.05) is 44.0 Å². The molecule has 0 N–H and O–H groups in total. The first-order valence-corrected chi connectivity index (χ1v) is 7.29. The van der Waals surface area contributed by atoms with Crippen molar-refractivity contribution in [1.29, 1.82) is 0 Å². The van der Waals surface area contributed by atoms with Crippen molar-refractivity contribution in [2.24, 2.45) is 0 Å². The molecule has 0 aliphatic carbocycles. The summed E-state index contributed by atoms with van der Waals surface area (Å²) in [6, 6.07) is 6.67. The number of rotatable bonds is 3. The van der Waals surface area contributed by atoms with Gasteiger partial charge in [-0.2, -0.15) is 0 Å². The number of benzene rings is 1. The fraction of sp³-hybridized carbons (Fsp3) is 0.375. The van der Waals surface area contributed by atoms with Crippen LogP contribution in [0.3, 0.4) is 0 Å². The number of aryl methyl sites for hydroxylation is 1. The van der Waals surface area contributed by atoms with Gasteiger partial charge in [-0.1, -0.05) is 0 Å². The molecule has 1 aromatic heterocycles. The molecular weight excluding hydrogens is 283 g/mol. The molecule has 2 heterocycles. The van der Waals surface area contributed by atoms with Crippen LogP contribution in [-0.4, -0.2) is 43.3 Å². The Labute approximate surface area is 129 Å². The van der Waals surface area contributed by atoms with Gasteiger partial charge in [-0.3, -0.25) is 0 Å². The van der Waals surface area contributed by atoms with Crippen LogP contribution in [-0.2, 0) is 0 Å². The van der Waals surface area contributed by atoms with E-state index in [-0.39, 0.29) is 5.82 Å². The average molecular weight is 302 g/mol. The molecule has 5 nitrogen and oxygen atoms in total. The zero-order chi connectivity index (χ0) is 15.5. The molecule has 0 unspecified atom stereocenters. The number of halogens is 1. The van der Waals surface area contributed by atoms with Gasteiger partial charge in [0.15, 0.2) is 0 Å². The second-order valence-electron chi connectivity index (χ2n) is 5.31. The summed E-state index contributed by atoms with van der Waals surface area (Å²) in [5.74, 6) is 1.25. The summed E-state index contributed by atoms with van der Waals surface area (Å²) in [5, 5.41) is 0. The largest absolute Gasteiger partial charge is 0.494 e. The number of anilines is 2. The van der Waals surface area contributed by atoms with Gasteiger partial charge >= 0.3 is 0 Å². The smallest absolute Gasteiger partial charge is 0.145 e. The molecule has 1 fully saturated rings. The Hall–Kier alpha value is -2.37. The molecule has 0 radical (unpaired) electrons. The van der Waals surface area contributed by atoms with E-state index in [4.69, 9.17) is 4.74 Å². The molecule has 3 rings (SSSR count). The Kier molecular flexibility index (Phi) is 4.09. The maximum Gasteiger partial charge on any atom is 0.145 e. The first-order valence-electron chi connectivity index (χ1n) is 7.29. The number of piperazine rings is 1. The van der Waals surface area contributed by atoms with Crippen LogP contribution in [0.4, 0.5) is 15.9 Å². The van der Waals surface area contributed by atoms with Gasteiger partial charge < -0.3 is 14.5 Å². The highest BCUT2D eigenvalue weighted by molar-refractivity contribution is 5.59. The third-order valence-corrected chi connectivity index (χ3v) is 3.88. The Balaban J connectivity index is 1.72. The first kappa shape index (κ1) is 14.6. The maximum atomic E-state index is 13.3. The van der Waals surface area contributed by atoms with Crippen LogP contribution in [0.1, 0.15) is 5.69 Å². The molecule has 0 amide bonds. The topological polar surface area (TPSA) is 41.5 Å². The van der Waals surface area contributed by atoms with Crippen molar-refractivity contribution in [2.45, 2.75) is 6.92 Å². The molecule has 0 bridgehead atoms. The maximum absolute atomic E-state index is 13.3. The van der Waals surface area contributed by atoms with Crippen LogP contribution in [0.5, 0.6) is 5.75 Å². The lowest BCUT2D eigenvalue weighted by Crippen LogP contribution is -2.47. The molecule has 6 heteroatoms. The summed E-state index contributed by atoms with van der Waals surface area (Å²) in [5.41, 5.74) is 1.90. The van der Waals surface area contributed by atoms with E-state index in [1.54, 1.807) is 19.5 Å². The van der Waals surface area contributed by atoms with Crippen molar-refractivity contribution < 1.29 is 9.13 Å². The van der Waals surface area contributed by atoms with Crippen LogP contribution >= 0.6 is 0 Å². The van der Waals surface area contributed by atoms with E-state index in [1.807, 2.05) is 13.0 Å². The standard InChI is InChI=1S/C16H19FN4O/c1-12-9-16(19-11-18-12)21-7-5-20(6-8-21)14-4-3-13(17)10-15(14)22-2/h3-4,9-11H,5-8H2,1-2H3. The highest BCUT2D eigenvalue weighted by Gasteiger charge is 2.21. The quantitative estimate of drug-likeness (QED) is 0.870. The second kappa shape index (κ2) is 6.17. The molecular formula is C16H19FN4O. The lowest BCUT2D eigenvalue weighted by atomic mass is 10.2. The van der Waals surface area contributed by atoms with Crippen molar-refractivity contribution >= 4 is 11.5 Å². The summed E-state index contributed by atoms with van der Waals surface area (Å²) in [4.78, 5) is 12.9. The minimum absolute atomic E-state index is 0.282. The van der Waals surface area contributed by atoms with Gasteiger partial charge in [-0.15, -0.1) is 0 Å². The van der Waals surface area contributed by atoms with Gasteiger partial charge in [0.1, 0.15) is 23.7 Å². The summed E-state index contributed by atoms with van der Waals surface area (Å²) in [6.45, 7) is 5.36. The van der Waals surface area contributed by atoms with E-state index >= 15 is 0 Å². The number of methoxy groups -OCH3 is 1. The van der Waals surface area contributed by atoms with Crippen molar-refractivity contribution in [3.63, 3.8) is 0 Å². The zero-order valence-electron chi connectivity index (χ0n) is 12.8. The molecule has 1 aliphatic rings. The summed E-state index contributed by atoms with van der Waals surface area (Å²) in [6.07, 6.45) is 1.60. The summed E-state index contributed by atoms with van der Waals surface area (Å²) in [7, 11) is 1.57. The van der Waals surface area contributed by atoms with Crippen LogP contribution in [0.15, 0.2) is 30.6 Å². The Morgan fingerprint density at radius 3 is 2.45 bits per heavy atom. The van der Waals surface area contributed by atoms with E-state index < -0.39 is 0 Å². The fourth-order valence-electron chi connectivity index (χ4n) is 2.70. The number of hydrogen-bond donors (Lipinski definition) is 0. The molecule has 0 saturated carbocycles. The van der Waals surface area contributed by atoms with Crippen LogP contribution in [0.25, 0.3) is 0 Å². The number of ether oxygens (including phenoxy) is 1. The van der Waals surface area contributed by atoms with Crippen molar-refractivity contribution in [3.8, 4) is 5.75 Å². The van der Waals surface area contributed by atoms with E-state index in [2.05, 4.69) is 19.8 Å². The van der Waals surface area contributed by atoms with Gasteiger partial charge in [0.05, 0.1) is 12.8 Å². The molecule has 2 aromatic rings. The van der Waals surface area contributed by atoms with Gasteiger partial charge in [-0.25, -0.2) is 14.4 Å². The number of nitrogens with zero attached hydrogens (tertiary/aromatic N) is 4. The monoisotopic (exact) mass is 302 g/mol. The Morgan fingerprint density at radius 1 is 1.05 bits per heavy atom. The second-order valence-corrected chi connectivity index (χ2v) is 5.31. The fourth-order valence-corrected chi connectivity index (χ4v) is 2.70. The third kappa shape index (κ3) is 2.95. The predicted octanol–water partition coefficient (Wildman–Crippen LogP) is 2.26. The van der Waals surface area contributed by atoms with Crippen molar-refractivity contribution in [2.75, 3.05) is 43.1 Å². The minimum Gasteiger partial charge on any atom is -0.494 e. The molecule has 1 aliphatic heterocycles. The molecule has 116 valence electrons. The molecule has 0 spiro atoms. The number of aromatic nitrogens is 2. The first-order chi connectivity index (χ1) is 10.7. The summed E-state index contributed by atoms with van der Waals surface area (Å²) >= 11 is 0. The summed E-state index contributed by atoms with van der Waals surface area (Å²) < 4.78 is 18.6. The molecule has 1 saturated heterocycles. The van der Waals surface area contributed by atoms with Crippen LogP contribution in [0, 0.1) is 12.7 Å². The van der Waals surface area contributed by atoms with E-state index in [1.165, 1.54) is 12.1 Å². The molecule has 1 aromatic carbocycles. The van der Waals surface area contributed by atoms with Gasteiger partial charge in [-0.05, 0) is 19.1 Å².